The molecule has 3 rings (SSSR count). The van der Waals surface area contributed by atoms with Crippen molar-refractivity contribution in [3.8, 4) is 11.1 Å². The molecule has 1 fully saturated rings. The summed E-state index contributed by atoms with van der Waals surface area (Å²) < 4.78 is 10.3. The van der Waals surface area contributed by atoms with E-state index in [1.54, 1.807) is 11.8 Å². The quantitative estimate of drug-likeness (QED) is 0.280. The number of rotatable bonds is 12. The lowest BCUT2D eigenvalue weighted by Crippen LogP contribution is -2.42. The molecule has 1 aliphatic heterocycles. The van der Waals surface area contributed by atoms with Gasteiger partial charge in [0.2, 0.25) is 0 Å². The molecule has 2 aromatic carbocycles. The van der Waals surface area contributed by atoms with Gasteiger partial charge in [-0.3, -0.25) is 4.79 Å². The van der Waals surface area contributed by atoms with E-state index >= 15 is 0 Å². The highest BCUT2D eigenvalue weighted by atomic mass is 32.2. The Kier molecular flexibility index (Phi) is 12.2. The average molecular weight is 588 g/mol. The van der Waals surface area contributed by atoms with Crippen molar-refractivity contribution < 1.29 is 23.9 Å². The van der Waals surface area contributed by atoms with Gasteiger partial charge in [-0.25, -0.2) is 9.59 Å². The number of ether oxygens (including phenoxy) is 2. The fourth-order valence-electron chi connectivity index (χ4n) is 4.47. The van der Waals surface area contributed by atoms with E-state index in [9.17, 15) is 14.4 Å². The Morgan fingerprint density at radius 3 is 2.55 bits per heavy atom. The zero-order valence-corrected chi connectivity index (χ0v) is 25.6. The minimum absolute atomic E-state index is 0.235. The van der Waals surface area contributed by atoms with Crippen molar-refractivity contribution in [1.29, 1.82) is 0 Å². The number of methoxy groups -OCH3 is 1. The molecule has 0 radical (unpaired) electrons. The van der Waals surface area contributed by atoms with Crippen LogP contribution in [0.4, 0.5) is 10.5 Å². The van der Waals surface area contributed by atoms with Gasteiger partial charge in [0.05, 0.1) is 7.11 Å². The van der Waals surface area contributed by atoms with Gasteiger partial charge in [0, 0.05) is 29.6 Å². The molecule has 1 saturated heterocycles. The summed E-state index contributed by atoms with van der Waals surface area (Å²) in [7, 11) is 1.33. The molecule has 218 valence electrons. The summed E-state index contributed by atoms with van der Waals surface area (Å²) in [6, 6.07) is 15.0. The Hall–Kier alpha value is -2.69. The monoisotopic (exact) mass is 587 g/mol. The molecule has 3 atom stereocenters. The second-order valence-electron chi connectivity index (χ2n) is 10.8. The number of hydrogen-bond acceptors (Lipinski definition) is 9. The van der Waals surface area contributed by atoms with Gasteiger partial charge in [-0.2, -0.15) is 11.8 Å². The van der Waals surface area contributed by atoms with Crippen molar-refractivity contribution in [1.82, 2.24) is 10.6 Å². The SMILES string of the molecule is COC(=O)[C@H](CCSC)NC(=O)c1cc(NC[C@@H]2C[C@H](CSC(=O)OC(C)(C)C)CN2)ccc1-c1ccccc1. The summed E-state index contributed by atoms with van der Waals surface area (Å²) in [5, 5.41) is 9.64. The number of nitrogens with one attached hydrogen (secondary N) is 3. The molecule has 2 aromatic rings. The van der Waals surface area contributed by atoms with Gasteiger partial charge in [-0.15, -0.1) is 0 Å². The molecule has 0 aromatic heterocycles. The molecule has 0 spiro atoms. The van der Waals surface area contributed by atoms with Gasteiger partial charge in [0.15, 0.2) is 0 Å². The topological polar surface area (TPSA) is 106 Å². The van der Waals surface area contributed by atoms with Crippen LogP contribution in [0.2, 0.25) is 0 Å². The van der Waals surface area contributed by atoms with Gasteiger partial charge >= 0.3 is 11.3 Å². The van der Waals surface area contributed by atoms with Crippen LogP contribution in [0.25, 0.3) is 11.1 Å². The first-order valence-electron chi connectivity index (χ1n) is 13.5. The summed E-state index contributed by atoms with van der Waals surface area (Å²) in [5.41, 5.74) is 2.53. The number of thioether (sulfide) groups is 2. The second-order valence-corrected chi connectivity index (χ2v) is 12.8. The number of carbonyl (C=O) groups excluding carboxylic acids is 3. The highest BCUT2D eigenvalue weighted by molar-refractivity contribution is 8.13. The maximum Gasteiger partial charge on any atom is 0.367 e. The van der Waals surface area contributed by atoms with E-state index < -0.39 is 17.6 Å². The predicted molar refractivity (Wildman–Crippen MR) is 165 cm³/mol. The van der Waals surface area contributed by atoms with Crippen molar-refractivity contribution in [2.24, 2.45) is 5.92 Å². The number of benzene rings is 2. The van der Waals surface area contributed by atoms with Gasteiger partial charge in [-0.1, -0.05) is 36.4 Å². The lowest BCUT2D eigenvalue weighted by Gasteiger charge is -2.19. The fraction of sp³-hybridized carbons (Fsp3) is 0.500. The van der Waals surface area contributed by atoms with Crippen LogP contribution >= 0.6 is 23.5 Å². The molecular formula is C30H41N3O5S2. The highest BCUT2D eigenvalue weighted by Crippen LogP contribution is 2.28. The van der Waals surface area contributed by atoms with E-state index in [4.69, 9.17) is 9.47 Å². The summed E-state index contributed by atoms with van der Waals surface area (Å²) in [5.74, 6) is 1.04. The first-order valence-corrected chi connectivity index (χ1v) is 15.9. The third-order valence-electron chi connectivity index (χ3n) is 6.44. The van der Waals surface area contributed by atoms with Gasteiger partial charge in [0.25, 0.3) is 5.91 Å². The van der Waals surface area contributed by atoms with Crippen LogP contribution in [-0.4, -0.2) is 72.8 Å². The van der Waals surface area contributed by atoms with Crippen molar-refractivity contribution in [2.45, 2.75) is 51.3 Å². The van der Waals surface area contributed by atoms with Crippen molar-refractivity contribution in [3.63, 3.8) is 0 Å². The highest BCUT2D eigenvalue weighted by Gasteiger charge is 2.27. The Morgan fingerprint density at radius 1 is 1.12 bits per heavy atom. The second kappa shape index (κ2) is 15.3. The lowest BCUT2D eigenvalue weighted by atomic mass is 9.98. The number of amides is 1. The normalized spacial score (nSPS) is 17.6. The first kappa shape index (κ1) is 31.8. The maximum absolute atomic E-state index is 13.5. The van der Waals surface area contributed by atoms with Crippen LogP contribution in [0.15, 0.2) is 48.5 Å². The molecule has 40 heavy (non-hydrogen) atoms. The lowest BCUT2D eigenvalue weighted by molar-refractivity contribution is -0.142. The predicted octanol–water partition coefficient (Wildman–Crippen LogP) is 5.44. The fourth-order valence-corrected chi connectivity index (χ4v) is 5.87. The Morgan fingerprint density at radius 2 is 1.88 bits per heavy atom. The average Bonchev–Trinajstić information content (AvgIpc) is 3.39. The molecule has 0 aliphatic carbocycles. The van der Waals surface area contributed by atoms with E-state index in [-0.39, 0.29) is 17.3 Å². The molecule has 0 unspecified atom stereocenters. The largest absolute Gasteiger partial charge is 0.467 e. The molecule has 10 heteroatoms. The molecule has 0 bridgehead atoms. The van der Waals surface area contributed by atoms with Crippen LogP contribution in [0.3, 0.4) is 0 Å². The van der Waals surface area contributed by atoms with E-state index in [1.807, 2.05) is 75.6 Å². The van der Waals surface area contributed by atoms with Gasteiger partial charge in [0.1, 0.15) is 11.6 Å². The molecule has 1 heterocycles. The molecule has 1 amide bonds. The van der Waals surface area contributed by atoms with E-state index in [0.717, 1.165) is 35.5 Å². The zero-order chi connectivity index (χ0) is 29.1. The van der Waals surface area contributed by atoms with E-state index in [2.05, 4.69) is 16.0 Å². The van der Waals surface area contributed by atoms with Gasteiger partial charge < -0.3 is 25.4 Å². The minimum Gasteiger partial charge on any atom is -0.467 e. The number of hydrogen-bond donors (Lipinski definition) is 3. The molecule has 0 saturated carbocycles. The third kappa shape index (κ3) is 10.1. The Labute approximate surface area is 246 Å². The van der Waals surface area contributed by atoms with Crippen molar-refractivity contribution >= 4 is 46.4 Å². The number of carbonyl (C=O) groups is 3. The molecule has 3 N–H and O–H groups in total. The van der Waals surface area contributed by atoms with Crippen LogP contribution < -0.4 is 16.0 Å². The summed E-state index contributed by atoms with van der Waals surface area (Å²) in [6.07, 6.45) is 3.38. The van der Waals surface area contributed by atoms with Crippen LogP contribution in [-0.2, 0) is 14.3 Å². The van der Waals surface area contributed by atoms with Crippen molar-refractivity contribution in [3.05, 3.63) is 54.1 Å². The molecule has 1 aliphatic rings. The third-order valence-corrected chi connectivity index (χ3v) is 8.04. The van der Waals surface area contributed by atoms with E-state index in [1.165, 1.54) is 18.9 Å². The van der Waals surface area contributed by atoms with Crippen LogP contribution in [0, 0.1) is 5.92 Å². The summed E-state index contributed by atoms with van der Waals surface area (Å²) in [4.78, 5) is 37.9. The molecule has 8 nitrogen and oxygen atoms in total. The Bertz CT molecular complexity index is 1140. The first-order chi connectivity index (χ1) is 19.1. The minimum atomic E-state index is -0.719. The standard InChI is InChI=1S/C30H41N3O5S2/c1-30(2,3)38-29(36)40-19-20-15-23(31-17-20)18-32-22-11-12-24(21-9-7-6-8-10-21)25(16-22)27(34)33-26(13-14-39-5)28(35)37-4/h6-12,16,20,23,26,31-32H,13-15,17-19H2,1-5H3,(H,33,34)/t20-,23-,26-/m0/s1. The summed E-state index contributed by atoms with van der Waals surface area (Å²) >= 11 is 2.84. The zero-order valence-electron chi connectivity index (χ0n) is 24.0. The Balaban J connectivity index is 1.67. The van der Waals surface area contributed by atoms with Crippen LogP contribution in [0.5, 0.6) is 0 Å². The molecular weight excluding hydrogens is 546 g/mol. The number of esters is 1. The number of anilines is 1. The van der Waals surface area contributed by atoms with Crippen LogP contribution in [0.1, 0.15) is 44.0 Å². The summed E-state index contributed by atoms with van der Waals surface area (Å²) in [6.45, 7) is 7.13. The van der Waals surface area contributed by atoms with Gasteiger partial charge in [-0.05, 0) is 93.1 Å². The smallest absolute Gasteiger partial charge is 0.367 e. The van der Waals surface area contributed by atoms with E-state index in [0.29, 0.717) is 30.2 Å². The van der Waals surface area contributed by atoms with Crippen molar-refractivity contribution in [2.75, 3.05) is 43.3 Å². The maximum atomic E-state index is 13.5.